The Balaban J connectivity index is 1.76. The highest BCUT2D eigenvalue weighted by atomic mass is 16.5. The highest BCUT2D eigenvalue weighted by Gasteiger charge is 2.18. The zero-order chi connectivity index (χ0) is 13.9. The summed E-state index contributed by atoms with van der Waals surface area (Å²) in [6.07, 6.45) is 0.790. The molecule has 0 amide bonds. The van der Waals surface area contributed by atoms with Crippen LogP contribution in [0.15, 0.2) is 28.8 Å². The number of rotatable bonds is 3. The van der Waals surface area contributed by atoms with Gasteiger partial charge in [-0.05, 0) is 11.6 Å². The maximum Gasteiger partial charge on any atom is 0.226 e. The van der Waals surface area contributed by atoms with Crippen molar-refractivity contribution in [3.8, 4) is 0 Å². The van der Waals surface area contributed by atoms with E-state index in [1.807, 2.05) is 6.92 Å². The van der Waals surface area contributed by atoms with Gasteiger partial charge in [-0.15, -0.1) is 0 Å². The lowest BCUT2D eigenvalue weighted by Crippen LogP contribution is -2.29. The molecule has 0 radical (unpaired) electrons. The summed E-state index contributed by atoms with van der Waals surface area (Å²) < 4.78 is 5.18. The molecule has 1 aliphatic rings. The smallest absolute Gasteiger partial charge is 0.226 e. The van der Waals surface area contributed by atoms with E-state index in [-0.39, 0.29) is 0 Å². The minimum atomic E-state index is 0.715. The Bertz CT molecular complexity index is 581. The number of anilines is 1. The summed E-state index contributed by atoms with van der Waals surface area (Å²) in [6, 6.07) is 8.57. The zero-order valence-electron chi connectivity index (χ0n) is 12.0. The lowest BCUT2D eigenvalue weighted by Gasteiger charge is -2.19. The molecule has 20 heavy (non-hydrogen) atoms. The monoisotopic (exact) mass is 272 g/mol. The topological polar surface area (TPSA) is 45.4 Å². The molecular weight excluding hydrogens is 252 g/mol. The van der Waals surface area contributed by atoms with Gasteiger partial charge in [-0.3, -0.25) is 4.90 Å². The molecule has 1 aromatic carbocycles. The number of fused-ring (bicyclic) bond motifs is 1. The van der Waals surface area contributed by atoms with E-state index >= 15 is 0 Å². The lowest BCUT2D eigenvalue weighted by atomic mass is 10.1. The molecule has 106 valence electrons. The van der Waals surface area contributed by atoms with E-state index in [1.54, 1.807) is 0 Å². The van der Waals surface area contributed by atoms with Gasteiger partial charge < -0.3 is 9.42 Å². The Morgan fingerprint density at radius 2 is 2.10 bits per heavy atom. The zero-order valence-corrected chi connectivity index (χ0v) is 12.0. The molecule has 0 spiro atoms. The molecule has 2 aromatic rings. The summed E-state index contributed by atoms with van der Waals surface area (Å²) in [4.78, 5) is 9.07. The molecule has 5 heteroatoms. The van der Waals surface area contributed by atoms with E-state index in [4.69, 9.17) is 4.52 Å². The first-order chi connectivity index (χ1) is 9.76. The Labute approximate surface area is 119 Å². The highest BCUT2D eigenvalue weighted by molar-refractivity contribution is 5.53. The van der Waals surface area contributed by atoms with Gasteiger partial charge in [0.05, 0.1) is 6.54 Å². The number of para-hydroxylation sites is 1. The lowest BCUT2D eigenvalue weighted by molar-refractivity contribution is 0.257. The molecule has 0 unspecified atom stereocenters. The van der Waals surface area contributed by atoms with Crippen molar-refractivity contribution >= 4 is 5.69 Å². The minimum Gasteiger partial charge on any atom is -0.373 e. The van der Waals surface area contributed by atoms with Crippen molar-refractivity contribution in [1.29, 1.82) is 0 Å². The molecule has 0 atom stereocenters. The maximum absolute atomic E-state index is 5.18. The van der Waals surface area contributed by atoms with E-state index < -0.39 is 0 Å². The summed E-state index contributed by atoms with van der Waals surface area (Å²) in [5, 5.41) is 4.05. The second-order valence-electron chi connectivity index (χ2n) is 5.22. The van der Waals surface area contributed by atoms with Crippen molar-refractivity contribution in [2.24, 2.45) is 0 Å². The maximum atomic E-state index is 5.18. The minimum absolute atomic E-state index is 0.715. The van der Waals surface area contributed by atoms with Crippen LogP contribution >= 0.6 is 0 Å². The van der Waals surface area contributed by atoms with Crippen LogP contribution in [0.1, 0.15) is 24.2 Å². The number of hydrogen-bond donors (Lipinski definition) is 0. The molecule has 2 heterocycles. The molecule has 0 bridgehead atoms. The summed E-state index contributed by atoms with van der Waals surface area (Å²) >= 11 is 0. The second-order valence-corrected chi connectivity index (χ2v) is 5.22. The average Bonchev–Trinajstić information content (AvgIpc) is 2.86. The number of benzene rings is 1. The third kappa shape index (κ3) is 2.67. The third-order valence-electron chi connectivity index (χ3n) is 3.73. The van der Waals surface area contributed by atoms with Crippen molar-refractivity contribution in [3.05, 3.63) is 41.5 Å². The molecule has 1 aromatic heterocycles. The molecule has 3 rings (SSSR count). The van der Waals surface area contributed by atoms with Crippen LogP contribution in [0, 0.1) is 0 Å². The van der Waals surface area contributed by atoms with Gasteiger partial charge in [0.15, 0.2) is 5.82 Å². The van der Waals surface area contributed by atoms with Crippen molar-refractivity contribution in [2.75, 3.05) is 25.0 Å². The first kappa shape index (κ1) is 13.1. The average molecular weight is 272 g/mol. The summed E-state index contributed by atoms with van der Waals surface area (Å²) in [7, 11) is 2.14. The molecular formula is C15H20N4O. The van der Waals surface area contributed by atoms with Crippen LogP contribution in [0.4, 0.5) is 5.69 Å². The Hall–Kier alpha value is -1.88. The summed E-state index contributed by atoms with van der Waals surface area (Å²) in [5.41, 5.74) is 2.67. The third-order valence-corrected chi connectivity index (χ3v) is 3.73. The van der Waals surface area contributed by atoms with Gasteiger partial charge in [0.2, 0.25) is 5.89 Å². The molecule has 0 saturated carbocycles. The van der Waals surface area contributed by atoms with Crippen LogP contribution < -0.4 is 4.90 Å². The quantitative estimate of drug-likeness (QED) is 0.856. The van der Waals surface area contributed by atoms with Gasteiger partial charge in [0, 0.05) is 38.8 Å². The highest BCUT2D eigenvalue weighted by Crippen LogP contribution is 2.24. The summed E-state index contributed by atoms with van der Waals surface area (Å²) in [6.45, 7) is 5.70. The van der Waals surface area contributed by atoms with Gasteiger partial charge in [0.25, 0.3) is 0 Å². The van der Waals surface area contributed by atoms with Gasteiger partial charge in [-0.2, -0.15) is 4.98 Å². The SMILES string of the molecule is CCc1nc(CN2CCN(C)c3ccccc3C2)no1. The van der Waals surface area contributed by atoms with Gasteiger partial charge in [-0.25, -0.2) is 0 Å². The molecule has 0 N–H and O–H groups in total. The molecule has 1 aliphatic heterocycles. The van der Waals surface area contributed by atoms with Crippen LogP contribution in [-0.2, 0) is 19.5 Å². The van der Waals surface area contributed by atoms with Crippen LogP contribution in [0.3, 0.4) is 0 Å². The van der Waals surface area contributed by atoms with Crippen molar-refractivity contribution in [2.45, 2.75) is 26.4 Å². The fourth-order valence-corrected chi connectivity index (χ4v) is 2.58. The Morgan fingerprint density at radius 1 is 1.25 bits per heavy atom. The van der Waals surface area contributed by atoms with Crippen LogP contribution in [0.2, 0.25) is 0 Å². The van der Waals surface area contributed by atoms with Crippen LogP contribution in [0.5, 0.6) is 0 Å². The second kappa shape index (κ2) is 5.63. The number of likely N-dealkylation sites (N-methyl/N-ethyl adjacent to an activating group) is 1. The summed E-state index contributed by atoms with van der Waals surface area (Å²) in [5.74, 6) is 1.50. The Kier molecular flexibility index (Phi) is 3.69. The number of aromatic nitrogens is 2. The molecule has 0 aliphatic carbocycles. The standard InChI is InChI=1S/C15H20N4O/c1-3-15-16-14(17-20-15)11-19-9-8-18(2)13-7-5-4-6-12(13)10-19/h4-7H,3,8-11H2,1-2H3. The van der Waals surface area contributed by atoms with E-state index in [9.17, 15) is 0 Å². The molecule has 0 saturated heterocycles. The predicted octanol–water partition coefficient (Wildman–Crippen LogP) is 2.08. The fourth-order valence-electron chi connectivity index (χ4n) is 2.58. The number of aryl methyl sites for hydroxylation is 1. The van der Waals surface area contributed by atoms with E-state index in [2.05, 4.69) is 51.3 Å². The van der Waals surface area contributed by atoms with Crippen molar-refractivity contribution in [3.63, 3.8) is 0 Å². The first-order valence-corrected chi connectivity index (χ1v) is 7.09. The molecule has 0 fully saturated rings. The Morgan fingerprint density at radius 3 is 2.90 bits per heavy atom. The largest absolute Gasteiger partial charge is 0.373 e. The van der Waals surface area contributed by atoms with Gasteiger partial charge in [-0.1, -0.05) is 30.3 Å². The van der Waals surface area contributed by atoms with E-state index in [0.717, 1.165) is 38.4 Å². The van der Waals surface area contributed by atoms with Crippen molar-refractivity contribution in [1.82, 2.24) is 15.0 Å². The molecule has 5 nitrogen and oxygen atoms in total. The first-order valence-electron chi connectivity index (χ1n) is 7.09. The normalized spacial score (nSPS) is 16.0. The van der Waals surface area contributed by atoms with Gasteiger partial charge in [0.1, 0.15) is 0 Å². The fraction of sp³-hybridized carbons (Fsp3) is 0.467. The van der Waals surface area contributed by atoms with E-state index in [1.165, 1.54) is 11.3 Å². The number of nitrogens with zero attached hydrogens (tertiary/aromatic N) is 4. The predicted molar refractivity (Wildman–Crippen MR) is 77.5 cm³/mol. The van der Waals surface area contributed by atoms with Gasteiger partial charge >= 0.3 is 0 Å². The van der Waals surface area contributed by atoms with E-state index in [0.29, 0.717) is 5.89 Å². The van der Waals surface area contributed by atoms with Crippen molar-refractivity contribution < 1.29 is 4.52 Å². The number of hydrogen-bond acceptors (Lipinski definition) is 5. The van der Waals surface area contributed by atoms with Crippen LogP contribution in [0.25, 0.3) is 0 Å². The van der Waals surface area contributed by atoms with Crippen LogP contribution in [-0.4, -0.2) is 35.2 Å².